The van der Waals surface area contributed by atoms with Crippen LogP contribution in [-0.2, 0) is 0 Å². The predicted octanol–water partition coefficient (Wildman–Crippen LogP) is 9.43. The van der Waals surface area contributed by atoms with E-state index in [4.69, 9.17) is 5.11 Å². The van der Waals surface area contributed by atoms with Crippen LogP contribution in [0.1, 0.15) is 177 Å². The van der Waals surface area contributed by atoms with E-state index in [-0.39, 0.29) is 11.1 Å². The lowest BCUT2D eigenvalue weighted by atomic mass is 10.1. The van der Waals surface area contributed by atoms with Crippen LogP contribution in [0.2, 0.25) is 0 Å². The van der Waals surface area contributed by atoms with E-state index in [2.05, 4.69) is 27.7 Å². The van der Waals surface area contributed by atoms with Crippen LogP contribution in [0.15, 0.2) is 24.3 Å². The van der Waals surface area contributed by atoms with Crippen molar-refractivity contribution >= 4 is 11.9 Å². The predicted molar refractivity (Wildman–Crippen MR) is 172 cm³/mol. The highest BCUT2D eigenvalue weighted by atomic mass is 16.4. The van der Waals surface area contributed by atoms with Crippen molar-refractivity contribution in [2.45, 2.75) is 156 Å². The van der Waals surface area contributed by atoms with Gasteiger partial charge in [0.05, 0.1) is 37.7 Å². The highest BCUT2D eigenvalue weighted by Crippen LogP contribution is 2.20. The first-order valence-electron chi connectivity index (χ1n) is 17.3. The van der Waals surface area contributed by atoms with E-state index in [0.717, 1.165) is 0 Å². The molecule has 5 heteroatoms. The first-order valence-corrected chi connectivity index (χ1v) is 17.3. The molecule has 0 spiro atoms. The maximum Gasteiger partial charge on any atom is 0.336 e. The summed E-state index contributed by atoms with van der Waals surface area (Å²) in [5, 5.41) is 18.9. The summed E-state index contributed by atoms with van der Waals surface area (Å²) in [5.41, 5.74) is -0.553. The van der Waals surface area contributed by atoms with E-state index in [1.165, 1.54) is 183 Å². The number of aromatic carboxylic acids is 2. The Labute approximate surface area is 253 Å². The number of carboxylic acid groups (broad SMARTS) is 2. The van der Waals surface area contributed by atoms with Crippen molar-refractivity contribution in [1.82, 2.24) is 0 Å². The molecule has 0 radical (unpaired) electrons. The number of unbranched alkanes of at least 4 members (excludes halogenated alkanes) is 16. The van der Waals surface area contributed by atoms with E-state index in [1.54, 1.807) is 0 Å². The lowest BCUT2D eigenvalue weighted by molar-refractivity contribution is -0.929. The monoisotopic (exact) mass is 575 g/mol. The SMILES string of the molecule is CCCCCCC[N+](CCCCCCC)(CCCCCCC)CCCCCCC.O=C([O-])c1ccccc1C(=O)O. The van der Waals surface area contributed by atoms with Crippen LogP contribution in [0.25, 0.3) is 0 Å². The third-order valence-electron chi connectivity index (χ3n) is 8.32. The molecule has 1 aromatic carbocycles. The number of quaternary nitrogens is 1. The smallest absolute Gasteiger partial charge is 0.336 e. The summed E-state index contributed by atoms with van der Waals surface area (Å²) in [5.74, 6) is -2.75. The van der Waals surface area contributed by atoms with Gasteiger partial charge in [0.25, 0.3) is 0 Å². The van der Waals surface area contributed by atoms with Crippen molar-refractivity contribution in [3.63, 3.8) is 0 Å². The van der Waals surface area contributed by atoms with Gasteiger partial charge in [-0.2, -0.15) is 0 Å². The largest absolute Gasteiger partial charge is 0.545 e. The van der Waals surface area contributed by atoms with Gasteiger partial charge in [-0.05, 0) is 57.4 Å². The topological polar surface area (TPSA) is 77.4 Å². The first-order chi connectivity index (χ1) is 19.9. The van der Waals surface area contributed by atoms with Crippen LogP contribution >= 0.6 is 0 Å². The fourth-order valence-electron chi connectivity index (χ4n) is 5.72. The van der Waals surface area contributed by atoms with Crippen LogP contribution < -0.4 is 5.11 Å². The summed E-state index contributed by atoms with van der Waals surface area (Å²) in [6, 6.07) is 5.31. The van der Waals surface area contributed by atoms with E-state index >= 15 is 0 Å². The molecule has 1 N–H and O–H groups in total. The maximum atomic E-state index is 10.4. The number of rotatable bonds is 26. The number of hydrogen-bond acceptors (Lipinski definition) is 3. The maximum absolute atomic E-state index is 10.4. The fraction of sp³-hybridized carbons (Fsp3) is 0.778. The number of hydrogen-bond donors (Lipinski definition) is 1. The molecule has 0 aliphatic heterocycles. The number of carboxylic acids is 2. The van der Waals surface area contributed by atoms with Gasteiger partial charge in [0.1, 0.15) is 0 Å². The molecule has 238 valence electrons. The fourth-order valence-corrected chi connectivity index (χ4v) is 5.72. The second kappa shape index (κ2) is 27.0. The third-order valence-corrected chi connectivity index (χ3v) is 8.32. The molecular formula is C36H65NO4. The minimum absolute atomic E-state index is 0.252. The van der Waals surface area contributed by atoms with Crippen molar-refractivity contribution in [2.24, 2.45) is 0 Å². The summed E-state index contributed by atoms with van der Waals surface area (Å²) in [6.07, 6.45) is 28.8. The Morgan fingerprint density at radius 3 is 1.07 bits per heavy atom. The van der Waals surface area contributed by atoms with Gasteiger partial charge >= 0.3 is 5.97 Å². The highest BCUT2D eigenvalue weighted by Gasteiger charge is 2.25. The lowest BCUT2D eigenvalue weighted by Crippen LogP contribution is -2.50. The van der Waals surface area contributed by atoms with Gasteiger partial charge in [0.15, 0.2) is 0 Å². The zero-order chi connectivity index (χ0) is 30.6. The Kier molecular flexibility index (Phi) is 25.7. The van der Waals surface area contributed by atoms with E-state index in [1.807, 2.05) is 0 Å². The molecule has 0 saturated heterocycles. The Bertz CT molecular complexity index is 669. The molecular weight excluding hydrogens is 510 g/mol. The van der Waals surface area contributed by atoms with Crippen LogP contribution in [0, 0.1) is 0 Å². The molecule has 0 aliphatic rings. The van der Waals surface area contributed by atoms with Gasteiger partial charge in [-0.1, -0.05) is 123 Å². The third kappa shape index (κ3) is 20.6. The number of carbonyl (C=O) groups is 2. The standard InChI is InChI=1S/C28H60N.C8H6O4/c1-5-9-13-17-21-25-29(26-22-18-14-10-6-2,27-23-19-15-11-7-3)28-24-20-16-12-8-4;9-7(10)5-3-1-2-4-6(5)8(11)12/h5-28H2,1-4H3;1-4H,(H,9,10)(H,11,12)/q+1;/p-1. The van der Waals surface area contributed by atoms with Crippen LogP contribution in [-0.4, -0.2) is 47.7 Å². The molecule has 0 heterocycles. The van der Waals surface area contributed by atoms with Gasteiger partial charge < -0.3 is 19.5 Å². The van der Waals surface area contributed by atoms with E-state index in [0.29, 0.717) is 0 Å². The van der Waals surface area contributed by atoms with Crippen LogP contribution in [0.3, 0.4) is 0 Å². The molecule has 0 fully saturated rings. The molecule has 0 bridgehead atoms. The molecule has 0 aliphatic carbocycles. The summed E-state index contributed by atoms with van der Waals surface area (Å²) in [7, 11) is 0. The van der Waals surface area contributed by atoms with Gasteiger partial charge in [0, 0.05) is 5.56 Å². The summed E-state index contributed by atoms with van der Waals surface area (Å²) < 4.78 is 1.47. The first kappa shape index (κ1) is 39.1. The Morgan fingerprint density at radius 1 is 0.537 bits per heavy atom. The van der Waals surface area contributed by atoms with E-state index in [9.17, 15) is 14.7 Å². The van der Waals surface area contributed by atoms with Gasteiger partial charge in [-0.25, -0.2) is 4.79 Å². The molecule has 0 saturated carbocycles. The zero-order valence-electron chi connectivity index (χ0n) is 27.4. The normalized spacial score (nSPS) is 11.2. The second-order valence-corrected chi connectivity index (χ2v) is 12.0. The Balaban J connectivity index is 0.00000110. The molecule has 0 amide bonds. The molecule has 0 unspecified atom stereocenters. The van der Waals surface area contributed by atoms with Crippen molar-refractivity contribution < 1.29 is 24.3 Å². The average molecular weight is 576 g/mol. The second-order valence-electron chi connectivity index (χ2n) is 12.0. The number of carbonyl (C=O) groups excluding carboxylic acids is 1. The molecule has 0 aromatic heterocycles. The van der Waals surface area contributed by atoms with Crippen LogP contribution in [0.5, 0.6) is 0 Å². The van der Waals surface area contributed by atoms with E-state index < -0.39 is 11.9 Å². The van der Waals surface area contributed by atoms with Crippen molar-refractivity contribution in [2.75, 3.05) is 26.2 Å². The van der Waals surface area contributed by atoms with Crippen molar-refractivity contribution in [3.05, 3.63) is 35.4 Å². The van der Waals surface area contributed by atoms with Crippen molar-refractivity contribution in [3.8, 4) is 0 Å². The number of benzene rings is 1. The minimum atomic E-state index is -1.48. The van der Waals surface area contributed by atoms with Gasteiger partial charge in [-0.3, -0.25) is 0 Å². The Morgan fingerprint density at radius 2 is 0.829 bits per heavy atom. The molecule has 5 nitrogen and oxygen atoms in total. The lowest BCUT2D eigenvalue weighted by Gasteiger charge is -2.39. The quantitative estimate of drug-likeness (QED) is 0.0881. The molecule has 0 atom stereocenters. The van der Waals surface area contributed by atoms with Gasteiger partial charge in [0.2, 0.25) is 0 Å². The number of nitrogens with zero attached hydrogens (tertiary/aromatic N) is 1. The highest BCUT2D eigenvalue weighted by molar-refractivity contribution is 6.00. The molecule has 41 heavy (non-hydrogen) atoms. The molecule has 1 aromatic rings. The van der Waals surface area contributed by atoms with Gasteiger partial charge in [-0.15, -0.1) is 0 Å². The summed E-state index contributed by atoms with van der Waals surface area (Å²) in [6.45, 7) is 15.2. The summed E-state index contributed by atoms with van der Waals surface area (Å²) in [4.78, 5) is 20.8. The van der Waals surface area contributed by atoms with Crippen LogP contribution in [0.4, 0.5) is 0 Å². The summed E-state index contributed by atoms with van der Waals surface area (Å²) >= 11 is 0. The average Bonchev–Trinajstić information content (AvgIpc) is 2.97. The van der Waals surface area contributed by atoms with Crippen molar-refractivity contribution in [1.29, 1.82) is 0 Å². The Hall–Kier alpha value is -1.88. The molecule has 1 rings (SSSR count). The minimum Gasteiger partial charge on any atom is -0.545 e. The zero-order valence-corrected chi connectivity index (χ0v) is 27.4.